The third-order valence-electron chi connectivity index (χ3n) is 2.76. The van der Waals surface area contributed by atoms with Crippen LogP contribution in [0.25, 0.3) is 0 Å². The average molecular weight is 178 g/mol. The van der Waals surface area contributed by atoms with Gasteiger partial charge in [0.15, 0.2) is 0 Å². The zero-order chi connectivity index (χ0) is 8.55. The second-order valence-electron chi connectivity index (χ2n) is 3.62. The Balaban J connectivity index is 2.47. The molecule has 0 radical (unpaired) electrons. The molecule has 0 fully saturated rings. The van der Waals surface area contributed by atoms with Crippen LogP contribution < -0.4 is 0 Å². The molecular weight excluding hydrogens is 164 g/mol. The molecule has 1 aliphatic carbocycles. The van der Waals surface area contributed by atoms with Gasteiger partial charge in [0.05, 0.1) is 0 Å². The lowest BCUT2D eigenvalue weighted by molar-refractivity contribution is 0.584. The molecule has 0 nitrogen and oxygen atoms in total. The minimum atomic E-state index is 0.470. The third kappa shape index (κ3) is 1.27. The first kappa shape index (κ1) is 8.18. The van der Waals surface area contributed by atoms with Crippen molar-refractivity contribution >= 4 is 12.6 Å². The Kier molecular flexibility index (Phi) is 2.14. The minimum absolute atomic E-state index is 0.470. The second kappa shape index (κ2) is 3.14. The van der Waals surface area contributed by atoms with Gasteiger partial charge in [-0.15, -0.1) is 0 Å². The lowest BCUT2D eigenvalue weighted by Gasteiger charge is -2.26. The van der Waals surface area contributed by atoms with E-state index in [0.717, 1.165) is 5.92 Å². The highest BCUT2D eigenvalue weighted by Gasteiger charge is 2.21. The van der Waals surface area contributed by atoms with Crippen molar-refractivity contribution in [2.75, 3.05) is 0 Å². The number of hydrogen-bond donors (Lipinski definition) is 1. The second-order valence-corrected chi connectivity index (χ2v) is 4.25. The van der Waals surface area contributed by atoms with Gasteiger partial charge in [0, 0.05) is 5.25 Å². The molecule has 0 heterocycles. The van der Waals surface area contributed by atoms with Crippen molar-refractivity contribution < 1.29 is 0 Å². The zero-order valence-corrected chi connectivity index (χ0v) is 8.22. The molecule has 0 saturated carbocycles. The highest BCUT2D eigenvalue weighted by Crippen LogP contribution is 2.39. The summed E-state index contributed by atoms with van der Waals surface area (Å²) in [7, 11) is 0. The predicted octanol–water partition coefficient (Wildman–Crippen LogP) is 3.55. The van der Waals surface area contributed by atoms with Gasteiger partial charge in [0.25, 0.3) is 0 Å². The van der Waals surface area contributed by atoms with Crippen LogP contribution in [0.2, 0.25) is 0 Å². The highest BCUT2D eigenvalue weighted by molar-refractivity contribution is 7.80. The van der Waals surface area contributed by atoms with Crippen LogP contribution in [0, 0.1) is 0 Å². The predicted molar refractivity (Wildman–Crippen MR) is 55.8 cm³/mol. The standard InChI is InChI=1S/C11H14S/c1-8-6-7-11(12)10-5-3-2-4-9(8)10/h2-5,8,11-12H,6-7H2,1H3. The number of thiol groups is 1. The van der Waals surface area contributed by atoms with Gasteiger partial charge >= 0.3 is 0 Å². The van der Waals surface area contributed by atoms with Crippen molar-refractivity contribution in [3.8, 4) is 0 Å². The molecule has 0 amide bonds. The van der Waals surface area contributed by atoms with Crippen LogP contribution in [0.4, 0.5) is 0 Å². The van der Waals surface area contributed by atoms with Gasteiger partial charge in [-0.05, 0) is 29.9 Å². The van der Waals surface area contributed by atoms with E-state index in [9.17, 15) is 0 Å². The molecule has 2 unspecified atom stereocenters. The largest absolute Gasteiger partial charge is 0.171 e. The zero-order valence-electron chi connectivity index (χ0n) is 7.33. The van der Waals surface area contributed by atoms with Crippen molar-refractivity contribution in [1.29, 1.82) is 0 Å². The number of hydrogen-bond acceptors (Lipinski definition) is 1. The molecule has 0 N–H and O–H groups in total. The Morgan fingerprint density at radius 1 is 1.17 bits per heavy atom. The van der Waals surface area contributed by atoms with Crippen LogP contribution in [-0.4, -0.2) is 0 Å². The third-order valence-corrected chi connectivity index (χ3v) is 3.30. The highest BCUT2D eigenvalue weighted by atomic mass is 32.1. The quantitative estimate of drug-likeness (QED) is 0.577. The summed E-state index contributed by atoms with van der Waals surface area (Å²) in [6, 6.07) is 8.69. The van der Waals surface area contributed by atoms with E-state index in [0.29, 0.717) is 5.25 Å². The Hall–Kier alpha value is -0.430. The Morgan fingerprint density at radius 2 is 1.83 bits per heavy atom. The smallest absolute Gasteiger partial charge is 0.0270 e. The van der Waals surface area contributed by atoms with Crippen LogP contribution >= 0.6 is 12.6 Å². The molecule has 12 heavy (non-hydrogen) atoms. The van der Waals surface area contributed by atoms with Crippen LogP contribution in [0.15, 0.2) is 24.3 Å². The maximum absolute atomic E-state index is 4.58. The normalized spacial score (nSPS) is 28.2. The van der Waals surface area contributed by atoms with Crippen molar-refractivity contribution in [3.63, 3.8) is 0 Å². The topological polar surface area (TPSA) is 0 Å². The summed E-state index contributed by atoms with van der Waals surface area (Å²) in [6.07, 6.45) is 2.51. The Morgan fingerprint density at radius 3 is 2.50 bits per heavy atom. The van der Waals surface area contributed by atoms with Gasteiger partial charge in [0.1, 0.15) is 0 Å². The van der Waals surface area contributed by atoms with Gasteiger partial charge in [-0.2, -0.15) is 12.6 Å². The van der Waals surface area contributed by atoms with Crippen molar-refractivity contribution in [1.82, 2.24) is 0 Å². The van der Waals surface area contributed by atoms with Crippen LogP contribution in [0.5, 0.6) is 0 Å². The van der Waals surface area contributed by atoms with E-state index in [-0.39, 0.29) is 0 Å². The lowest BCUT2D eigenvalue weighted by Crippen LogP contribution is -2.08. The molecule has 0 spiro atoms. The number of fused-ring (bicyclic) bond motifs is 1. The number of rotatable bonds is 0. The fourth-order valence-electron chi connectivity index (χ4n) is 1.98. The first-order valence-electron chi connectivity index (χ1n) is 4.56. The molecule has 1 aromatic rings. The van der Waals surface area contributed by atoms with E-state index in [1.165, 1.54) is 24.0 Å². The van der Waals surface area contributed by atoms with Crippen LogP contribution in [0.1, 0.15) is 42.1 Å². The molecular formula is C11H14S. The van der Waals surface area contributed by atoms with E-state index in [1.807, 2.05) is 0 Å². The van der Waals surface area contributed by atoms with Crippen LogP contribution in [-0.2, 0) is 0 Å². The van der Waals surface area contributed by atoms with E-state index in [1.54, 1.807) is 0 Å². The summed E-state index contributed by atoms with van der Waals surface area (Å²) in [4.78, 5) is 0. The molecule has 0 aromatic heterocycles. The monoisotopic (exact) mass is 178 g/mol. The van der Waals surface area contributed by atoms with Crippen molar-refractivity contribution in [2.24, 2.45) is 0 Å². The van der Waals surface area contributed by atoms with E-state index >= 15 is 0 Å². The summed E-state index contributed by atoms with van der Waals surface area (Å²) in [5.41, 5.74) is 2.95. The first-order chi connectivity index (χ1) is 5.79. The summed E-state index contributed by atoms with van der Waals surface area (Å²) in [6.45, 7) is 2.30. The van der Waals surface area contributed by atoms with Crippen LogP contribution in [0.3, 0.4) is 0 Å². The fraction of sp³-hybridized carbons (Fsp3) is 0.455. The molecule has 64 valence electrons. The first-order valence-corrected chi connectivity index (χ1v) is 5.07. The average Bonchev–Trinajstić information content (AvgIpc) is 2.12. The molecule has 0 saturated heterocycles. The maximum atomic E-state index is 4.58. The molecule has 1 heteroatoms. The number of benzene rings is 1. The van der Waals surface area contributed by atoms with E-state index < -0.39 is 0 Å². The lowest BCUT2D eigenvalue weighted by atomic mass is 9.84. The SMILES string of the molecule is CC1CCC(S)c2ccccc21. The van der Waals surface area contributed by atoms with Gasteiger partial charge in [-0.1, -0.05) is 31.2 Å². The fourth-order valence-corrected chi connectivity index (χ4v) is 2.37. The Labute approximate surface area is 79.4 Å². The van der Waals surface area contributed by atoms with Crippen molar-refractivity contribution in [2.45, 2.75) is 30.9 Å². The van der Waals surface area contributed by atoms with Gasteiger partial charge in [0.2, 0.25) is 0 Å². The molecule has 0 aliphatic heterocycles. The molecule has 0 bridgehead atoms. The minimum Gasteiger partial charge on any atom is -0.171 e. The molecule has 2 atom stereocenters. The summed E-state index contributed by atoms with van der Waals surface area (Å²) in [5.74, 6) is 0.726. The summed E-state index contributed by atoms with van der Waals surface area (Å²) >= 11 is 4.58. The maximum Gasteiger partial charge on any atom is 0.0270 e. The van der Waals surface area contributed by atoms with Gasteiger partial charge < -0.3 is 0 Å². The summed E-state index contributed by atoms with van der Waals surface area (Å²) < 4.78 is 0. The molecule has 1 aromatic carbocycles. The van der Waals surface area contributed by atoms with E-state index in [2.05, 4.69) is 43.8 Å². The van der Waals surface area contributed by atoms with Gasteiger partial charge in [-0.3, -0.25) is 0 Å². The summed E-state index contributed by atoms with van der Waals surface area (Å²) in [5, 5.41) is 0.470. The molecule has 1 aliphatic rings. The molecule has 2 rings (SSSR count). The Bertz CT molecular complexity index is 251. The van der Waals surface area contributed by atoms with Gasteiger partial charge in [-0.25, -0.2) is 0 Å². The van der Waals surface area contributed by atoms with E-state index in [4.69, 9.17) is 0 Å². The van der Waals surface area contributed by atoms with Crippen molar-refractivity contribution in [3.05, 3.63) is 35.4 Å².